The molecule has 1 aliphatic heterocycles. The van der Waals surface area contributed by atoms with Crippen molar-refractivity contribution in [3.63, 3.8) is 0 Å². The van der Waals surface area contributed by atoms with E-state index in [1.165, 1.54) is 16.9 Å². The molecule has 2 aromatic rings. The molecule has 1 saturated carbocycles. The molecule has 7 heteroatoms. The van der Waals surface area contributed by atoms with E-state index in [1.807, 2.05) is 37.8 Å². The normalized spacial score (nSPS) is 19.3. The third-order valence-electron chi connectivity index (χ3n) is 6.93. The Balaban J connectivity index is 1.32. The van der Waals surface area contributed by atoms with Crippen LogP contribution >= 0.6 is 0 Å². The van der Waals surface area contributed by atoms with Crippen molar-refractivity contribution in [2.24, 2.45) is 5.41 Å². The lowest BCUT2D eigenvalue weighted by Crippen LogP contribution is -2.66. The van der Waals surface area contributed by atoms with Gasteiger partial charge in [0.2, 0.25) is 0 Å². The first-order valence-corrected chi connectivity index (χ1v) is 11.5. The van der Waals surface area contributed by atoms with Crippen LogP contribution in [0.15, 0.2) is 12.1 Å². The Morgan fingerprint density at radius 2 is 1.81 bits per heavy atom. The van der Waals surface area contributed by atoms with Crippen LogP contribution in [0.1, 0.15) is 51.3 Å². The monoisotopic (exact) mass is 439 g/mol. The molecule has 0 unspecified atom stereocenters. The molecule has 7 nitrogen and oxygen atoms in total. The lowest BCUT2D eigenvalue weighted by Gasteiger charge is -2.58. The lowest BCUT2D eigenvalue weighted by molar-refractivity contribution is -0.0738. The number of ether oxygens (including phenoxy) is 3. The van der Waals surface area contributed by atoms with Gasteiger partial charge in [-0.15, -0.1) is 0 Å². The van der Waals surface area contributed by atoms with Crippen molar-refractivity contribution in [2.45, 2.75) is 64.5 Å². The molecule has 0 radical (unpaired) electrons. The number of carbonyl (C=O) groups is 1. The fourth-order valence-electron chi connectivity index (χ4n) is 5.52. The molecule has 3 aliphatic rings. The number of hydrogen-bond donors (Lipinski definition) is 1. The minimum absolute atomic E-state index is 0.196. The summed E-state index contributed by atoms with van der Waals surface area (Å²) in [7, 11) is 3.32. The van der Waals surface area contributed by atoms with Gasteiger partial charge >= 0.3 is 6.09 Å². The first-order valence-electron chi connectivity index (χ1n) is 11.5. The van der Waals surface area contributed by atoms with Gasteiger partial charge in [0.15, 0.2) is 11.5 Å². The van der Waals surface area contributed by atoms with E-state index in [-0.39, 0.29) is 11.5 Å². The largest absolute Gasteiger partial charge is 0.493 e. The molecule has 1 saturated heterocycles. The summed E-state index contributed by atoms with van der Waals surface area (Å²) in [5.74, 6) is 1.43. The van der Waals surface area contributed by atoms with E-state index in [0.717, 1.165) is 61.8 Å². The van der Waals surface area contributed by atoms with E-state index >= 15 is 0 Å². The quantitative estimate of drug-likeness (QED) is 0.753. The number of rotatable bonds is 4. The lowest BCUT2D eigenvalue weighted by atomic mass is 9.60. The van der Waals surface area contributed by atoms with Crippen LogP contribution in [0.3, 0.4) is 0 Å². The van der Waals surface area contributed by atoms with Crippen molar-refractivity contribution in [3.8, 4) is 11.5 Å². The summed E-state index contributed by atoms with van der Waals surface area (Å²) in [5.41, 5.74) is 4.47. The topological polar surface area (TPSA) is 72.9 Å². The average Bonchev–Trinajstić information content (AvgIpc) is 3.13. The van der Waals surface area contributed by atoms with E-state index in [2.05, 4.69) is 5.32 Å². The summed E-state index contributed by atoms with van der Waals surface area (Å²) in [6.45, 7) is 7.31. The van der Waals surface area contributed by atoms with Gasteiger partial charge in [-0.2, -0.15) is 0 Å². The predicted molar refractivity (Wildman–Crippen MR) is 124 cm³/mol. The zero-order valence-electron chi connectivity index (χ0n) is 19.7. The van der Waals surface area contributed by atoms with Crippen molar-refractivity contribution < 1.29 is 19.0 Å². The van der Waals surface area contributed by atoms with E-state index in [4.69, 9.17) is 19.2 Å². The summed E-state index contributed by atoms with van der Waals surface area (Å²) in [4.78, 5) is 19.1. The highest BCUT2D eigenvalue weighted by atomic mass is 16.6. The summed E-state index contributed by atoms with van der Waals surface area (Å²) < 4.78 is 16.6. The number of benzene rings is 1. The SMILES string of the molecule is COc1cc2nc3c(c(NC4CC5(C4)CN(C(=O)OC(C)(C)C)C5)c2cc1OC)CCC3. The maximum Gasteiger partial charge on any atom is 0.410 e. The highest BCUT2D eigenvalue weighted by Gasteiger charge is 2.54. The second kappa shape index (κ2) is 7.42. The Bertz CT molecular complexity index is 1060. The zero-order chi connectivity index (χ0) is 22.7. The fraction of sp³-hybridized carbons (Fsp3) is 0.600. The number of hydrogen-bond acceptors (Lipinski definition) is 6. The smallest absolute Gasteiger partial charge is 0.410 e. The number of aromatic nitrogens is 1. The summed E-state index contributed by atoms with van der Waals surface area (Å²) in [6.07, 6.45) is 5.16. The Labute approximate surface area is 189 Å². The van der Waals surface area contributed by atoms with Gasteiger partial charge in [0.1, 0.15) is 5.60 Å². The molecule has 32 heavy (non-hydrogen) atoms. The van der Waals surface area contributed by atoms with Crippen molar-refractivity contribution in [2.75, 3.05) is 32.6 Å². The number of nitrogens with zero attached hydrogens (tertiary/aromatic N) is 2. The zero-order valence-corrected chi connectivity index (χ0v) is 19.7. The number of fused-ring (bicyclic) bond motifs is 2. The van der Waals surface area contributed by atoms with Gasteiger partial charge < -0.3 is 24.4 Å². The van der Waals surface area contributed by atoms with E-state index in [1.54, 1.807) is 14.2 Å². The van der Waals surface area contributed by atoms with Gasteiger partial charge in [-0.1, -0.05) is 0 Å². The minimum atomic E-state index is -0.448. The first-order chi connectivity index (χ1) is 15.2. The molecule has 2 fully saturated rings. The van der Waals surface area contributed by atoms with E-state index < -0.39 is 5.60 Å². The van der Waals surface area contributed by atoms with Crippen molar-refractivity contribution in [1.82, 2.24) is 9.88 Å². The second-order valence-electron chi connectivity index (χ2n) is 10.6. The Morgan fingerprint density at radius 1 is 1.12 bits per heavy atom. The predicted octanol–water partition coefficient (Wildman–Crippen LogP) is 4.55. The summed E-state index contributed by atoms with van der Waals surface area (Å²) in [6, 6.07) is 4.42. The second-order valence-corrected chi connectivity index (χ2v) is 10.6. The maximum atomic E-state index is 12.3. The minimum Gasteiger partial charge on any atom is -0.493 e. The van der Waals surface area contributed by atoms with Crippen LogP contribution in [0.4, 0.5) is 10.5 Å². The molecule has 1 aromatic carbocycles. The molecular formula is C25H33N3O4. The summed E-state index contributed by atoms with van der Waals surface area (Å²) in [5, 5.41) is 4.94. The number of methoxy groups -OCH3 is 2. The molecule has 2 heterocycles. The molecular weight excluding hydrogens is 406 g/mol. The third-order valence-corrected chi connectivity index (χ3v) is 6.93. The Morgan fingerprint density at radius 3 is 2.47 bits per heavy atom. The highest BCUT2D eigenvalue weighted by Crippen LogP contribution is 2.50. The number of anilines is 1. The molecule has 1 amide bonds. The molecule has 172 valence electrons. The summed E-state index contributed by atoms with van der Waals surface area (Å²) >= 11 is 0. The van der Waals surface area contributed by atoms with Crippen molar-refractivity contribution in [3.05, 3.63) is 23.4 Å². The van der Waals surface area contributed by atoms with Crippen LogP contribution in [0.25, 0.3) is 10.9 Å². The van der Waals surface area contributed by atoms with Crippen LogP contribution in [-0.4, -0.2) is 54.9 Å². The van der Waals surface area contributed by atoms with Gasteiger partial charge in [0, 0.05) is 47.4 Å². The highest BCUT2D eigenvalue weighted by molar-refractivity contribution is 5.96. The van der Waals surface area contributed by atoms with Crippen LogP contribution in [0.5, 0.6) is 11.5 Å². The molecule has 2 aliphatic carbocycles. The number of likely N-dealkylation sites (tertiary alicyclic amines) is 1. The first kappa shape index (κ1) is 21.2. The maximum absolute atomic E-state index is 12.3. The number of aryl methyl sites for hydroxylation is 1. The van der Waals surface area contributed by atoms with Gasteiger partial charge in [-0.05, 0) is 64.5 Å². The molecule has 0 bridgehead atoms. The van der Waals surface area contributed by atoms with E-state index in [0.29, 0.717) is 11.8 Å². The molecule has 0 atom stereocenters. The third kappa shape index (κ3) is 3.61. The number of nitrogens with one attached hydrogen (secondary N) is 1. The van der Waals surface area contributed by atoms with Gasteiger partial charge in [-0.25, -0.2) is 4.79 Å². The van der Waals surface area contributed by atoms with Gasteiger partial charge in [-0.3, -0.25) is 4.98 Å². The number of carbonyl (C=O) groups excluding carboxylic acids is 1. The molecule has 1 N–H and O–H groups in total. The average molecular weight is 440 g/mol. The van der Waals surface area contributed by atoms with Crippen LogP contribution in [0.2, 0.25) is 0 Å². The molecule has 5 rings (SSSR count). The Hall–Kier alpha value is -2.70. The Kier molecular flexibility index (Phi) is 4.91. The van der Waals surface area contributed by atoms with Crippen LogP contribution in [0, 0.1) is 5.41 Å². The van der Waals surface area contributed by atoms with Crippen molar-refractivity contribution in [1.29, 1.82) is 0 Å². The van der Waals surface area contributed by atoms with Crippen molar-refractivity contribution >= 4 is 22.7 Å². The molecule has 1 aromatic heterocycles. The molecule has 1 spiro atoms. The van der Waals surface area contributed by atoms with Crippen LogP contribution < -0.4 is 14.8 Å². The van der Waals surface area contributed by atoms with Gasteiger partial charge in [0.25, 0.3) is 0 Å². The van der Waals surface area contributed by atoms with Gasteiger partial charge in [0.05, 0.1) is 19.7 Å². The fourth-order valence-corrected chi connectivity index (χ4v) is 5.52. The number of amides is 1. The van der Waals surface area contributed by atoms with E-state index in [9.17, 15) is 4.79 Å². The number of pyridine rings is 1. The van der Waals surface area contributed by atoms with Crippen LogP contribution in [-0.2, 0) is 17.6 Å². The standard InChI is InChI=1S/C25H33N3O4/c1-24(2,3)32-23(29)28-13-25(14-28)11-15(12-25)26-22-16-7-6-8-18(16)27-19-10-21(31-5)20(30-4)9-17(19)22/h9-10,15H,6-8,11-14H2,1-5H3,(H,26,27).